The molecule has 0 bridgehead atoms. The maximum Gasteiger partial charge on any atom is 0.277 e. The van der Waals surface area contributed by atoms with Crippen molar-refractivity contribution >= 4 is 46.9 Å². The molecule has 7 heteroatoms. The summed E-state index contributed by atoms with van der Waals surface area (Å²) >= 11 is 7.54. The van der Waals surface area contributed by atoms with Crippen molar-refractivity contribution < 1.29 is 4.79 Å². The van der Waals surface area contributed by atoms with Crippen LogP contribution >= 0.6 is 35.3 Å². The van der Waals surface area contributed by atoms with E-state index in [0.29, 0.717) is 23.7 Å². The molecule has 0 aliphatic heterocycles. The van der Waals surface area contributed by atoms with E-state index in [1.165, 1.54) is 11.3 Å². The molecule has 114 valence electrons. The SMILES string of the molecule is Cc1ccc(N(C)C(=O)c2csc(CCN)n2)cc1Cl.Cl. The molecule has 1 aromatic heterocycles. The molecule has 0 unspecified atom stereocenters. The van der Waals surface area contributed by atoms with Crippen LogP contribution in [0.15, 0.2) is 23.6 Å². The minimum absolute atomic E-state index is 0. The zero-order valence-electron chi connectivity index (χ0n) is 11.8. The van der Waals surface area contributed by atoms with Gasteiger partial charge in [-0.05, 0) is 31.2 Å². The van der Waals surface area contributed by atoms with E-state index < -0.39 is 0 Å². The van der Waals surface area contributed by atoms with Crippen LogP contribution in [0.4, 0.5) is 5.69 Å². The Morgan fingerprint density at radius 3 is 2.81 bits per heavy atom. The van der Waals surface area contributed by atoms with Crippen LogP contribution in [0.1, 0.15) is 21.1 Å². The number of hydrogen-bond acceptors (Lipinski definition) is 4. The second kappa shape index (κ2) is 7.75. The molecule has 1 amide bonds. The number of rotatable bonds is 4. The van der Waals surface area contributed by atoms with Crippen molar-refractivity contribution in [3.05, 3.63) is 44.9 Å². The highest BCUT2D eigenvalue weighted by atomic mass is 35.5. The van der Waals surface area contributed by atoms with E-state index in [1.54, 1.807) is 23.4 Å². The maximum absolute atomic E-state index is 12.4. The van der Waals surface area contributed by atoms with E-state index in [-0.39, 0.29) is 18.3 Å². The Labute approximate surface area is 139 Å². The number of amides is 1. The van der Waals surface area contributed by atoms with Crippen LogP contribution < -0.4 is 10.6 Å². The van der Waals surface area contributed by atoms with Gasteiger partial charge in [0.2, 0.25) is 0 Å². The Hall–Kier alpha value is -1.14. The summed E-state index contributed by atoms with van der Waals surface area (Å²) in [4.78, 5) is 18.2. The number of nitrogens with zero attached hydrogens (tertiary/aromatic N) is 2. The van der Waals surface area contributed by atoms with E-state index in [9.17, 15) is 4.79 Å². The minimum Gasteiger partial charge on any atom is -0.330 e. The number of benzene rings is 1. The van der Waals surface area contributed by atoms with Crippen LogP contribution in [0.2, 0.25) is 5.02 Å². The number of anilines is 1. The summed E-state index contributed by atoms with van der Waals surface area (Å²) in [5.74, 6) is -0.149. The highest BCUT2D eigenvalue weighted by Crippen LogP contribution is 2.23. The molecule has 0 spiro atoms. The third kappa shape index (κ3) is 4.17. The van der Waals surface area contributed by atoms with E-state index in [4.69, 9.17) is 17.3 Å². The van der Waals surface area contributed by atoms with Crippen LogP contribution in [0.25, 0.3) is 0 Å². The van der Waals surface area contributed by atoms with Crippen LogP contribution in [0.5, 0.6) is 0 Å². The highest BCUT2D eigenvalue weighted by Gasteiger charge is 2.17. The molecule has 0 aliphatic rings. The largest absolute Gasteiger partial charge is 0.330 e. The summed E-state index contributed by atoms with van der Waals surface area (Å²) < 4.78 is 0. The van der Waals surface area contributed by atoms with E-state index >= 15 is 0 Å². The van der Waals surface area contributed by atoms with Crippen LogP contribution in [-0.2, 0) is 6.42 Å². The molecule has 0 radical (unpaired) electrons. The van der Waals surface area contributed by atoms with Crippen molar-refractivity contribution in [1.82, 2.24) is 4.98 Å². The van der Waals surface area contributed by atoms with Gasteiger partial charge in [-0.3, -0.25) is 4.79 Å². The molecule has 0 fully saturated rings. The predicted molar refractivity (Wildman–Crippen MR) is 91.0 cm³/mol. The molecule has 1 aromatic carbocycles. The molecular weight excluding hydrogens is 329 g/mol. The maximum atomic E-state index is 12.4. The van der Waals surface area contributed by atoms with Gasteiger partial charge >= 0.3 is 0 Å². The number of hydrogen-bond donors (Lipinski definition) is 1. The van der Waals surface area contributed by atoms with Gasteiger partial charge in [0.15, 0.2) is 0 Å². The fourth-order valence-electron chi connectivity index (χ4n) is 1.73. The Kier molecular flexibility index (Phi) is 6.61. The van der Waals surface area contributed by atoms with Gasteiger partial charge in [-0.25, -0.2) is 4.98 Å². The average molecular weight is 346 g/mol. The molecule has 0 aliphatic carbocycles. The number of nitrogens with two attached hydrogens (primary N) is 1. The smallest absolute Gasteiger partial charge is 0.277 e. The summed E-state index contributed by atoms with van der Waals surface area (Å²) in [6.45, 7) is 2.46. The third-order valence-corrected chi connectivity index (χ3v) is 4.29. The molecule has 2 N–H and O–H groups in total. The van der Waals surface area contributed by atoms with E-state index in [1.807, 2.05) is 19.1 Å². The number of carbonyl (C=O) groups is 1. The Morgan fingerprint density at radius 1 is 1.48 bits per heavy atom. The van der Waals surface area contributed by atoms with Crippen molar-refractivity contribution in [3.63, 3.8) is 0 Å². The lowest BCUT2D eigenvalue weighted by Gasteiger charge is -2.16. The second-order valence-corrected chi connectivity index (χ2v) is 5.81. The molecule has 0 atom stereocenters. The number of aryl methyl sites for hydroxylation is 1. The minimum atomic E-state index is -0.149. The molecule has 21 heavy (non-hydrogen) atoms. The van der Waals surface area contributed by atoms with Gasteiger partial charge in [-0.2, -0.15) is 0 Å². The summed E-state index contributed by atoms with van der Waals surface area (Å²) in [6.07, 6.45) is 0.692. The first-order valence-corrected chi connectivity index (χ1v) is 7.47. The first kappa shape index (κ1) is 17.9. The normalized spacial score (nSPS) is 10.1. The quantitative estimate of drug-likeness (QED) is 0.924. The summed E-state index contributed by atoms with van der Waals surface area (Å²) in [7, 11) is 1.71. The number of aromatic nitrogens is 1. The van der Waals surface area contributed by atoms with Crippen molar-refractivity contribution in [2.75, 3.05) is 18.5 Å². The molecule has 2 aromatic rings. The topological polar surface area (TPSA) is 59.2 Å². The standard InChI is InChI=1S/C14H16ClN3OS.ClH/c1-9-3-4-10(7-11(9)15)18(2)14(19)12-8-20-13(17-12)5-6-16;/h3-4,7-8H,5-6,16H2,1-2H3;1H. The Balaban J connectivity index is 0.00000220. The average Bonchev–Trinajstić information content (AvgIpc) is 2.89. The first-order valence-electron chi connectivity index (χ1n) is 6.21. The van der Waals surface area contributed by atoms with Gasteiger partial charge < -0.3 is 10.6 Å². The van der Waals surface area contributed by atoms with Gasteiger partial charge in [0.05, 0.1) is 5.01 Å². The van der Waals surface area contributed by atoms with Gasteiger partial charge in [0, 0.05) is 29.6 Å². The lowest BCUT2D eigenvalue weighted by Crippen LogP contribution is -2.26. The summed E-state index contributed by atoms with van der Waals surface area (Å²) in [5, 5.41) is 3.29. The molecule has 0 saturated heterocycles. The van der Waals surface area contributed by atoms with Gasteiger partial charge in [0.25, 0.3) is 5.91 Å². The fourth-order valence-corrected chi connectivity index (χ4v) is 2.69. The van der Waals surface area contributed by atoms with Crippen molar-refractivity contribution in [2.45, 2.75) is 13.3 Å². The molecule has 0 saturated carbocycles. The number of halogens is 2. The van der Waals surface area contributed by atoms with Gasteiger partial charge in [-0.15, -0.1) is 23.7 Å². The molecule has 1 heterocycles. The molecular formula is C14H17Cl2N3OS. The number of thiazole rings is 1. The predicted octanol–water partition coefficient (Wildman–Crippen LogP) is 3.30. The monoisotopic (exact) mass is 345 g/mol. The highest BCUT2D eigenvalue weighted by molar-refractivity contribution is 7.09. The third-order valence-electron chi connectivity index (χ3n) is 2.98. The van der Waals surface area contributed by atoms with E-state index in [2.05, 4.69) is 4.98 Å². The lowest BCUT2D eigenvalue weighted by molar-refractivity contribution is 0.0989. The van der Waals surface area contributed by atoms with Crippen molar-refractivity contribution in [1.29, 1.82) is 0 Å². The van der Waals surface area contributed by atoms with E-state index in [0.717, 1.165) is 16.3 Å². The van der Waals surface area contributed by atoms with Gasteiger partial charge in [-0.1, -0.05) is 17.7 Å². The van der Waals surface area contributed by atoms with Crippen LogP contribution in [0.3, 0.4) is 0 Å². The fraction of sp³-hybridized carbons (Fsp3) is 0.286. The van der Waals surface area contributed by atoms with Gasteiger partial charge in [0.1, 0.15) is 5.69 Å². The zero-order valence-corrected chi connectivity index (χ0v) is 14.2. The molecule has 2 rings (SSSR count). The Bertz CT molecular complexity index is 630. The molecule has 4 nitrogen and oxygen atoms in total. The summed E-state index contributed by atoms with van der Waals surface area (Å²) in [6, 6.07) is 5.54. The van der Waals surface area contributed by atoms with Crippen molar-refractivity contribution in [3.8, 4) is 0 Å². The first-order chi connectivity index (χ1) is 9.52. The summed E-state index contributed by atoms with van der Waals surface area (Å²) in [5.41, 5.74) is 7.66. The number of carbonyl (C=O) groups excluding carboxylic acids is 1. The second-order valence-electron chi connectivity index (χ2n) is 4.46. The lowest BCUT2D eigenvalue weighted by atomic mass is 10.2. The van der Waals surface area contributed by atoms with Crippen LogP contribution in [-0.4, -0.2) is 24.5 Å². The van der Waals surface area contributed by atoms with Crippen LogP contribution in [0, 0.1) is 6.92 Å². The zero-order chi connectivity index (χ0) is 14.7. The van der Waals surface area contributed by atoms with Crippen molar-refractivity contribution in [2.24, 2.45) is 5.73 Å². The Morgan fingerprint density at radius 2 is 2.19 bits per heavy atom.